The number of methoxy groups -OCH3 is 1. The maximum atomic E-state index is 13.0. The molecular weight excluding hydrogens is 426 g/mol. The van der Waals surface area contributed by atoms with Gasteiger partial charge in [-0.1, -0.05) is 29.5 Å². The molecule has 0 N–H and O–H groups in total. The quantitative estimate of drug-likeness (QED) is 0.437. The number of halogens is 1. The third kappa shape index (κ3) is 6.60. The average Bonchev–Trinajstić information content (AvgIpc) is 3.12. The number of benzene rings is 2. The van der Waals surface area contributed by atoms with E-state index in [1.807, 2.05) is 67.5 Å². The van der Waals surface area contributed by atoms with Gasteiger partial charge in [0.25, 0.3) is 0 Å². The Morgan fingerprint density at radius 1 is 1.14 bits per heavy atom. The number of carbonyl (C=O) groups is 1. The van der Waals surface area contributed by atoms with Gasteiger partial charge < -0.3 is 9.64 Å². The molecular formula is C21H26ClN3O2S2. The number of carbonyl (C=O) groups excluding carboxylic acids is 1. The number of nitrogens with zero attached hydrogens (tertiary/aromatic N) is 3. The molecule has 0 spiro atoms. The zero-order valence-corrected chi connectivity index (χ0v) is 19.3. The number of hydrogen-bond donors (Lipinski definition) is 0. The zero-order chi connectivity index (χ0) is 19.9. The number of fused-ring (bicyclic) bond motifs is 1. The molecule has 0 unspecified atom stereocenters. The molecule has 2 aromatic carbocycles. The van der Waals surface area contributed by atoms with Crippen LogP contribution >= 0.6 is 35.5 Å². The number of rotatable bonds is 9. The molecule has 29 heavy (non-hydrogen) atoms. The Morgan fingerprint density at radius 3 is 2.59 bits per heavy atom. The van der Waals surface area contributed by atoms with Crippen LogP contribution in [0.5, 0.6) is 5.75 Å². The van der Waals surface area contributed by atoms with Gasteiger partial charge in [-0.2, -0.15) is 0 Å². The molecule has 0 aliphatic carbocycles. The van der Waals surface area contributed by atoms with E-state index in [0.29, 0.717) is 12.3 Å². The van der Waals surface area contributed by atoms with Crippen LogP contribution in [0.15, 0.2) is 53.4 Å². The summed E-state index contributed by atoms with van der Waals surface area (Å²) in [7, 11) is 5.74. The van der Waals surface area contributed by atoms with Crippen molar-refractivity contribution in [2.45, 2.75) is 11.3 Å². The smallest absolute Gasteiger partial charge is 0.239 e. The second kappa shape index (κ2) is 11.4. The number of thiazole rings is 1. The predicted molar refractivity (Wildman–Crippen MR) is 126 cm³/mol. The Kier molecular flexibility index (Phi) is 9.23. The van der Waals surface area contributed by atoms with Crippen molar-refractivity contribution in [1.29, 1.82) is 0 Å². The van der Waals surface area contributed by atoms with Crippen molar-refractivity contribution >= 4 is 56.8 Å². The van der Waals surface area contributed by atoms with E-state index in [1.54, 1.807) is 18.9 Å². The van der Waals surface area contributed by atoms with E-state index in [1.165, 1.54) is 11.3 Å². The van der Waals surface area contributed by atoms with Crippen LogP contribution in [0.25, 0.3) is 10.2 Å². The molecule has 0 radical (unpaired) electrons. The van der Waals surface area contributed by atoms with Crippen LogP contribution < -0.4 is 9.64 Å². The summed E-state index contributed by atoms with van der Waals surface area (Å²) in [6.45, 7) is 1.58. The largest absolute Gasteiger partial charge is 0.497 e. The summed E-state index contributed by atoms with van der Waals surface area (Å²) in [5.41, 5.74) is 0.891. The van der Waals surface area contributed by atoms with Gasteiger partial charge in [-0.15, -0.1) is 24.2 Å². The second-order valence-electron chi connectivity index (χ2n) is 6.63. The van der Waals surface area contributed by atoms with Gasteiger partial charge in [0, 0.05) is 11.4 Å². The second-order valence-corrected chi connectivity index (χ2v) is 8.69. The third-order valence-corrected chi connectivity index (χ3v) is 6.25. The number of amides is 1. The summed E-state index contributed by atoms with van der Waals surface area (Å²) in [6.07, 6.45) is 0.897. The van der Waals surface area contributed by atoms with E-state index >= 15 is 0 Å². The Labute approximate surface area is 186 Å². The van der Waals surface area contributed by atoms with E-state index in [0.717, 1.165) is 39.0 Å². The van der Waals surface area contributed by atoms with E-state index in [4.69, 9.17) is 9.72 Å². The molecule has 1 amide bonds. The lowest BCUT2D eigenvalue weighted by atomic mass is 10.3. The summed E-state index contributed by atoms with van der Waals surface area (Å²) in [6, 6.07) is 15.8. The lowest BCUT2D eigenvalue weighted by Crippen LogP contribution is -2.34. The number of ether oxygens (including phenoxy) is 1. The summed E-state index contributed by atoms with van der Waals surface area (Å²) >= 11 is 3.09. The van der Waals surface area contributed by atoms with E-state index in [-0.39, 0.29) is 18.3 Å². The van der Waals surface area contributed by atoms with Crippen LogP contribution in [-0.4, -0.2) is 55.8 Å². The molecule has 0 aliphatic heterocycles. The highest BCUT2D eigenvalue weighted by molar-refractivity contribution is 8.00. The van der Waals surface area contributed by atoms with Crippen molar-refractivity contribution in [3.63, 3.8) is 0 Å². The molecule has 3 aromatic rings. The molecule has 1 heterocycles. The van der Waals surface area contributed by atoms with Crippen LogP contribution in [-0.2, 0) is 4.79 Å². The highest BCUT2D eigenvalue weighted by atomic mass is 35.5. The van der Waals surface area contributed by atoms with Crippen molar-refractivity contribution in [2.75, 3.05) is 44.9 Å². The number of aromatic nitrogens is 1. The molecule has 0 fully saturated rings. The number of thioether (sulfide) groups is 1. The minimum absolute atomic E-state index is 0. The molecule has 3 rings (SSSR count). The number of hydrogen-bond acceptors (Lipinski definition) is 6. The van der Waals surface area contributed by atoms with Crippen LogP contribution in [0.3, 0.4) is 0 Å². The molecule has 5 nitrogen and oxygen atoms in total. The topological polar surface area (TPSA) is 45.7 Å². The normalized spacial score (nSPS) is 10.8. The summed E-state index contributed by atoms with van der Waals surface area (Å²) in [4.78, 5) is 22.8. The molecule has 0 bridgehead atoms. The van der Waals surface area contributed by atoms with Crippen molar-refractivity contribution < 1.29 is 9.53 Å². The van der Waals surface area contributed by atoms with Crippen LogP contribution in [0.2, 0.25) is 0 Å². The maximum absolute atomic E-state index is 13.0. The van der Waals surface area contributed by atoms with Gasteiger partial charge in [0.15, 0.2) is 5.13 Å². The molecule has 0 saturated heterocycles. The summed E-state index contributed by atoms with van der Waals surface area (Å²) < 4.78 is 6.33. The lowest BCUT2D eigenvalue weighted by Gasteiger charge is -2.21. The first-order valence-electron chi connectivity index (χ1n) is 9.14. The minimum Gasteiger partial charge on any atom is -0.497 e. The van der Waals surface area contributed by atoms with Crippen LogP contribution in [0, 0.1) is 0 Å². The molecule has 156 valence electrons. The Hall–Kier alpha value is -1.80. The van der Waals surface area contributed by atoms with Crippen LogP contribution in [0.4, 0.5) is 5.13 Å². The molecule has 0 atom stereocenters. The summed E-state index contributed by atoms with van der Waals surface area (Å²) in [5.74, 6) is 1.28. The third-order valence-electron chi connectivity index (χ3n) is 4.21. The van der Waals surface area contributed by atoms with Gasteiger partial charge in [0.05, 0.1) is 23.1 Å². The van der Waals surface area contributed by atoms with Gasteiger partial charge in [0.1, 0.15) is 5.75 Å². The molecule has 8 heteroatoms. The lowest BCUT2D eigenvalue weighted by molar-refractivity contribution is -0.116. The van der Waals surface area contributed by atoms with Crippen LogP contribution in [0.1, 0.15) is 6.42 Å². The highest BCUT2D eigenvalue weighted by Crippen LogP contribution is 2.32. The first-order valence-corrected chi connectivity index (χ1v) is 10.9. The fourth-order valence-electron chi connectivity index (χ4n) is 2.75. The van der Waals surface area contributed by atoms with E-state index in [2.05, 4.69) is 4.90 Å². The van der Waals surface area contributed by atoms with Gasteiger partial charge in [-0.3, -0.25) is 9.69 Å². The average molecular weight is 452 g/mol. The monoisotopic (exact) mass is 451 g/mol. The van der Waals surface area contributed by atoms with Crippen molar-refractivity contribution in [2.24, 2.45) is 0 Å². The molecule has 1 aromatic heterocycles. The molecule has 0 saturated carbocycles. The fraction of sp³-hybridized carbons (Fsp3) is 0.333. The zero-order valence-electron chi connectivity index (χ0n) is 16.8. The van der Waals surface area contributed by atoms with E-state index in [9.17, 15) is 4.79 Å². The van der Waals surface area contributed by atoms with Gasteiger partial charge in [0.2, 0.25) is 5.91 Å². The van der Waals surface area contributed by atoms with Crippen molar-refractivity contribution in [3.05, 3.63) is 48.5 Å². The fourth-order valence-corrected chi connectivity index (χ4v) is 4.58. The minimum atomic E-state index is 0. The van der Waals surface area contributed by atoms with Gasteiger partial charge in [-0.25, -0.2) is 4.98 Å². The van der Waals surface area contributed by atoms with Crippen molar-refractivity contribution in [1.82, 2.24) is 9.88 Å². The van der Waals surface area contributed by atoms with Gasteiger partial charge >= 0.3 is 0 Å². The highest BCUT2D eigenvalue weighted by Gasteiger charge is 2.20. The first-order chi connectivity index (χ1) is 13.6. The summed E-state index contributed by atoms with van der Waals surface area (Å²) in [5, 5.41) is 0.751. The molecule has 0 aliphatic rings. The standard InChI is InChI=1S/C21H25N3O2S2.ClH/c1-23(2)12-7-13-24(20(25)15-27-17-8-5-4-6-9-17)21-22-18-11-10-16(26-3)14-19(18)28-21;/h4-6,8-11,14H,7,12-13,15H2,1-3H3;1H. The first kappa shape index (κ1) is 23.5. The van der Waals surface area contributed by atoms with E-state index < -0.39 is 0 Å². The Bertz CT molecular complexity index is 919. The Morgan fingerprint density at radius 2 is 1.90 bits per heavy atom. The predicted octanol–water partition coefficient (Wildman–Crippen LogP) is 4.80. The Balaban J connectivity index is 0.00000300. The maximum Gasteiger partial charge on any atom is 0.239 e. The van der Waals surface area contributed by atoms with Gasteiger partial charge in [-0.05, 0) is 57.4 Å². The van der Waals surface area contributed by atoms with Crippen molar-refractivity contribution in [3.8, 4) is 5.75 Å². The number of anilines is 1. The SMILES string of the molecule is COc1ccc2nc(N(CCCN(C)C)C(=O)CSc3ccccc3)sc2c1.Cl.